The maximum atomic E-state index is 5.62. The first-order chi connectivity index (χ1) is 12.7. The van der Waals surface area contributed by atoms with E-state index in [0.29, 0.717) is 5.58 Å². The molecule has 0 aliphatic rings. The summed E-state index contributed by atoms with van der Waals surface area (Å²) in [7, 11) is 0. The topological polar surface area (TPSA) is 63.8 Å². The van der Waals surface area contributed by atoms with E-state index in [1.807, 2.05) is 11.8 Å². The van der Waals surface area contributed by atoms with Crippen molar-refractivity contribution in [3.8, 4) is 11.3 Å². The van der Waals surface area contributed by atoms with E-state index in [1.165, 1.54) is 17.7 Å². The number of fused-ring (bicyclic) bond motifs is 1. The van der Waals surface area contributed by atoms with Crippen LogP contribution in [0.15, 0.2) is 28.8 Å². The molecule has 6 heteroatoms. The van der Waals surface area contributed by atoms with Crippen molar-refractivity contribution in [1.82, 2.24) is 15.1 Å². The summed E-state index contributed by atoms with van der Waals surface area (Å²) in [6.07, 6.45) is 3.09. The molecule has 3 rings (SSSR count). The van der Waals surface area contributed by atoms with E-state index in [0.717, 1.165) is 53.6 Å². The largest absolute Gasteiger partial charge is 0.367 e. The highest BCUT2D eigenvalue weighted by Gasteiger charge is 2.17. The minimum absolute atomic E-state index is 0.638. The van der Waals surface area contributed by atoms with E-state index in [4.69, 9.17) is 4.52 Å². The maximum Gasteiger partial charge on any atom is 0.228 e. The quantitative estimate of drug-likeness (QED) is 0.529. The number of anilines is 1. The van der Waals surface area contributed by atoms with E-state index >= 15 is 0 Å². The van der Waals surface area contributed by atoms with Gasteiger partial charge in [-0.2, -0.15) is 11.8 Å². The van der Waals surface area contributed by atoms with Gasteiger partial charge in [-0.3, -0.25) is 0 Å². The molecule has 2 heterocycles. The Morgan fingerprint density at radius 2 is 1.88 bits per heavy atom. The molecule has 138 valence electrons. The number of aromatic nitrogens is 3. The Balaban J connectivity index is 1.83. The lowest BCUT2D eigenvalue weighted by atomic mass is 10.1. The Morgan fingerprint density at radius 3 is 2.62 bits per heavy atom. The van der Waals surface area contributed by atoms with Crippen LogP contribution in [0.5, 0.6) is 0 Å². The molecular weight excluding hydrogens is 344 g/mol. The monoisotopic (exact) mass is 370 g/mol. The number of rotatable bonds is 9. The van der Waals surface area contributed by atoms with Crippen molar-refractivity contribution in [1.29, 1.82) is 0 Å². The summed E-state index contributed by atoms with van der Waals surface area (Å²) in [5.41, 5.74) is 4.42. The standard InChI is InChI=1S/C20H26N4OS/c1-4-12-26-13-6-11-21-20-19-18(22-16(5-2)23-20)17(24-25-19)15-9-7-14(3)8-10-15/h7-10H,4-6,11-13H2,1-3H3,(H,21,22,23). The third-order valence-electron chi connectivity index (χ3n) is 4.11. The van der Waals surface area contributed by atoms with Gasteiger partial charge in [0.1, 0.15) is 17.0 Å². The fourth-order valence-electron chi connectivity index (χ4n) is 2.68. The zero-order chi connectivity index (χ0) is 18.4. The van der Waals surface area contributed by atoms with Crippen LogP contribution in [-0.4, -0.2) is 33.2 Å². The van der Waals surface area contributed by atoms with Crippen molar-refractivity contribution < 1.29 is 4.52 Å². The van der Waals surface area contributed by atoms with E-state index in [1.54, 1.807) is 0 Å². The molecule has 0 atom stereocenters. The number of aryl methyl sites for hydroxylation is 2. The minimum atomic E-state index is 0.638. The molecule has 0 fully saturated rings. The van der Waals surface area contributed by atoms with Crippen LogP contribution in [-0.2, 0) is 6.42 Å². The maximum absolute atomic E-state index is 5.62. The van der Waals surface area contributed by atoms with E-state index in [2.05, 4.69) is 65.5 Å². The van der Waals surface area contributed by atoms with Crippen LogP contribution in [0, 0.1) is 6.92 Å². The highest BCUT2D eigenvalue weighted by Crippen LogP contribution is 2.30. The van der Waals surface area contributed by atoms with Crippen molar-refractivity contribution in [2.24, 2.45) is 0 Å². The van der Waals surface area contributed by atoms with Crippen LogP contribution in [0.1, 0.15) is 38.1 Å². The summed E-state index contributed by atoms with van der Waals surface area (Å²) in [5.74, 6) is 3.93. The molecule has 0 aliphatic carbocycles. The molecule has 0 spiro atoms. The number of thioether (sulfide) groups is 1. The summed E-state index contributed by atoms with van der Waals surface area (Å²) in [4.78, 5) is 9.28. The van der Waals surface area contributed by atoms with Crippen LogP contribution in [0.3, 0.4) is 0 Å². The third-order valence-corrected chi connectivity index (χ3v) is 5.39. The van der Waals surface area contributed by atoms with Crippen LogP contribution >= 0.6 is 11.8 Å². The van der Waals surface area contributed by atoms with Gasteiger partial charge in [-0.1, -0.05) is 48.8 Å². The minimum Gasteiger partial charge on any atom is -0.367 e. The molecule has 5 nitrogen and oxygen atoms in total. The van der Waals surface area contributed by atoms with Crippen molar-refractivity contribution in [3.05, 3.63) is 35.7 Å². The fourth-order valence-corrected chi connectivity index (χ4v) is 3.53. The Kier molecular flexibility index (Phi) is 6.50. The molecule has 1 aromatic carbocycles. The molecule has 0 unspecified atom stereocenters. The second-order valence-electron chi connectivity index (χ2n) is 6.31. The number of hydrogen-bond donors (Lipinski definition) is 1. The Bertz CT molecular complexity index is 845. The van der Waals surface area contributed by atoms with Crippen molar-refractivity contribution in [2.75, 3.05) is 23.4 Å². The Labute approximate surface area is 159 Å². The van der Waals surface area contributed by atoms with Crippen LogP contribution in [0.25, 0.3) is 22.4 Å². The molecule has 0 bridgehead atoms. The highest BCUT2D eigenvalue weighted by atomic mass is 32.2. The number of nitrogens with zero attached hydrogens (tertiary/aromatic N) is 3. The fraction of sp³-hybridized carbons (Fsp3) is 0.450. The molecule has 0 saturated heterocycles. The molecular formula is C20H26N4OS. The normalized spacial score (nSPS) is 11.2. The number of nitrogens with one attached hydrogen (secondary N) is 1. The van der Waals surface area contributed by atoms with Gasteiger partial charge in [0.25, 0.3) is 0 Å². The first-order valence-electron chi connectivity index (χ1n) is 9.27. The van der Waals surface area contributed by atoms with Crippen LogP contribution in [0.4, 0.5) is 5.82 Å². The van der Waals surface area contributed by atoms with E-state index < -0.39 is 0 Å². The van der Waals surface area contributed by atoms with Crippen molar-refractivity contribution in [3.63, 3.8) is 0 Å². The van der Waals surface area contributed by atoms with Gasteiger partial charge in [-0.05, 0) is 31.3 Å². The van der Waals surface area contributed by atoms with Gasteiger partial charge in [0.15, 0.2) is 5.82 Å². The smallest absolute Gasteiger partial charge is 0.228 e. The molecule has 3 aromatic rings. The first kappa shape index (κ1) is 18.7. The van der Waals surface area contributed by atoms with Gasteiger partial charge in [0, 0.05) is 18.5 Å². The molecule has 0 radical (unpaired) electrons. The van der Waals surface area contributed by atoms with Gasteiger partial charge < -0.3 is 9.84 Å². The summed E-state index contributed by atoms with van der Waals surface area (Å²) in [6.45, 7) is 7.21. The van der Waals surface area contributed by atoms with Crippen molar-refractivity contribution >= 4 is 28.7 Å². The van der Waals surface area contributed by atoms with Crippen molar-refractivity contribution in [2.45, 2.75) is 40.0 Å². The van der Waals surface area contributed by atoms with E-state index in [-0.39, 0.29) is 0 Å². The number of benzene rings is 1. The van der Waals surface area contributed by atoms with Gasteiger partial charge in [0.05, 0.1) is 0 Å². The van der Waals surface area contributed by atoms with E-state index in [9.17, 15) is 0 Å². The molecule has 2 aromatic heterocycles. The predicted octanol–water partition coefficient (Wildman–Crippen LogP) is 5.10. The summed E-state index contributed by atoms with van der Waals surface area (Å²) >= 11 is 1.99. The molecule has 0 amide bonds. The lowest BCUT2D eigenvalue weighted by molar-refractivity contribution is 0.459. The predicted molar refractivity (Wildman–Crippen MR) is 110 cm³/mol. The second-order valence-corrected chi connectivity index (χ2v) is 7.53. The lowest BCUT2D eigenvalue weighted by Gasteiger charge is -2.07. The lowest BCUT2D eigenvalue weighted by Crippen LogP contribution is -2.07. The van der Waals surface area contributed by atoms with Crippen LogP contribution in [0.2, 0.25) is 0 Å². The molecule has 0 aliphatic heterocycles. The SMILES string of the molecule is CCCSCCCNc1nc(CC)nc2c(-c3ccc(C)cc3)noc12. The Hall–Kier alpha value is -2.08. The second kappa shape index (κ2) is 9.03. The summed E-state index contributed by atoms with van der Waals surface area (Å²) < 4.78 is 5.62. The zero-order valence-corrected chi connectivity index (χ0v) is 16.5. The highest BCUT2D eigenvalue weighted by molar-refractivity contribution is 7.99. The summed E-state index contributed by atoms with van der Waals surface area (Å²) in [6, 6.07) is 8.26. The molecule has 26 heavy (non-hydrogen) atoms. The number of hydrogen-bond acceptors (Lipinski definition) is 6. The zero-order valence-electron chi connectivity index (χ0n) is 15.7. The van der Waals surface area contributed by atoms with Gasteiger partial charge in [-0.25, -0.2) is 9.97 Å². The average Bonchev–Trinajstić information content (AvgIpc) is 3.09. The Morgan fingerprint density at radius 1 is 1.08 bits per heavy atom. The first-order valence-corrected chi connectivity index (χ1v) is 10.4. The van der Waals surface area contributed by atoms with Gasteiger partial charge >= 0.3 is 0 Å². The van der Waals surface area contributed by atoms with Gasteiger partial charge in [0.2, 0.25) is 5.58 Å². The van der Waals surface area contributed by atoms with Crippen LogP contribution < -0.4 is 5.32 Å². The third kappa shape index (κ3) is 4.36. The molecule has 0 saturated carbocycles. The average molecular weight is 371 g/mol. The molecule has 1 N–H and O–H groups in total. The summed E-state index contributed by atoms with van der Waals surface area (Å²) in [5, 5.41) is 7.69. The van der Waals surface area contributed by atoms with Gasteiger partial charge in [-0.15, -0.1) is 0 Å².